The Labute approximate surface area is 206 Å². The minimum absolute atomic E-state index is 0.0378. The summed E-state index contributed by atoms with van der Waals surface area (Å²) in [6.45, 7) is 4.17. The summed E-state index contributed by atoms with van der Waals surface area (Å²) in [6.07, 6.45) is 0.381. The molecule has 4 nitrogen and oxygen atoms in total. The summed E-state index contributed by atoms with van der Waals surface area (Å²) in [6, 6.07) is 28.9. The van der Waals surface area contributed by atoms with E-state index in [9.17, 15) is 9.90 Å². The lowest BCUT2D eigenvalue weighted by atomic mass is 9.75. The second kappa shape index (κ2) is 10.4. The lowest BCUT2D eigenvalue weighted by Gasteiger charge is -2.40. The third kappa shape index (κ3) is 4.44. The Hall–Kier alpha value is -3.20. The zero-order chi connectivity index (χ0) is 24.1. The fourth-order valence-electron chi connectivity index (χ4n) is 4.76. The summed E-state index contributed by atoms with van der Waals surface area (Å²) in [7, 11) is 0. The zero-order valence-corrected chi connectivity index (χ0v) is 20.4. The van der Waals surface area contributed by atoms with Crippen LogP contribution in [0, 0.1) is 17.8 Å². The third-order valence-electron chi connectivity index (χ3n) is 6.14. The first-order chi connectivity index (χ1) is 16.5. The summed E-state index contributed by atoms with van der Waals surface area (Å²) < 4.78 is 6.32. The quantitative estimate of drug-likeness (QED) is 0.482. The number of cyclic esters (lactones) is 1. The van der Waals surface area contributed by atoms with Crippen molar-refractivity contribution in [2.45, 2.75) is 37.0 Å². The number of nitrogens with zero attached hydrogens (tertiary/aromatic N) is 1. The molecule has 1 aliphatic rings. The van der Waals surface area contributed by atoms with Gasteiger partial charge in [-0.2, -0.15) is 0 Å². The third-order valence-corrected chi connectivity index (χ3v) is 7.10. The van der Waals surface area contributed by atoms with E-state index in [1.165, 1.54) is 11.8 Å². The number of carbonyl (C=O) groups excluding carboxylic acids is 1. The van der Waals surface area contributed by atoms with E-state index in [4.69, 9.17) is 4.74 Å². The molecule has 174 valence electrons. The number of thioether (sulfide) groups is 1. The second-order valence-corrected chi connectivity index (χ2v) is 9.59. The van der Waals surface area contributed by atoms with Crippen molar-refractivity contribution in [2.75, 3.05) is 6.26 Å². The van der Waals surface area contributed by atoms with Gasteiger partial charge < -0.3 is 9.84 Å². The van der Waals surface area contributed by atoms with Crippen LogP contribution >= 0.6 is 11.8 Å². The average molecular weight is 472 g/mol. The van der Waals surface area contributed by atoms with Gasteiger partial charge in [0.2, 0.25) is 0 Å². The molecule has 0 spiro atoms. The van der Waals surface area contributed by atoms with Crippen molar-refractivity contribution in [1.82, 2.24) is 4.90 Å². The van der Waals surface area contributed by atoms with E-state index in [1.807, 2.05) is 97.3 Å². The van der Waals surface area contributed by atoms with Gasteiger partial charge in [0.25, 0.3) is 0 Å². The number of hydrogen-bond acceptors (Lipinski definition) is 4. The molecular weight excluding hydrogens is 442 g/mol. The van der Waals surface area contributed by atoms with Crippen molar-refractivity contribution in [3.8, 4) is 11.8 Å². The maximum Gasteiger partial charge on any atom is 0.412 e. The molecule has 0 aromatic heterocycles. The molecule has 1 aliphatic heterocycles. The van der Waals surface area contributed by atoms with Crippen molar-refractivity contribution in [3.05, 3.63) is 108 Å². The molecule has 4 rings (SSSR count). The van der Waals surface area contributed by atoms with Crippen LogP contribution in [0.1, 0.15) is 30.5 Å². The Balaban J connectivity index is 1.80. The average Bonchev–Trinajstić information content (AvgIpc) is 3.19. The van der Waals surface area contributed by atoms with E-state index >= 15 is 0 Å². The summed E-state index contributed by atoms with van der Waals surface area (Å²) in [5.74, 6) is 6.02. The van der Waals surface area contributed by atoms with Crippen LogP contribution in [0.15, 0.2) is 91.0 Å². The van der Waals surface area contributed by atoms with Crippen LogP contribution < -0.4 is 0 Å². The first kappa shape index (κ1) is 23.9. The molecule has 1 heterocycles. The van der Waals surface area contributed by atoms with Gasteiger partial charge >= 0.3 is 6.09 Å². The molecule has 34 heavy (non-hydrogen) atoms. The molecule has 0 bridgehead atoms. The Morgan fingerprint density at radius 2 is 1.41 bits per heavy atom. The Bertz CT molecular complexity index is 1120. The number of rotatable bonds is 6. The van der Waals surface area contributed by atoms with Crippen molar-refractivity contribution in [2.24, 2.45) is 5.92 Å². The van der Waals surface area contributed by atoms with Crippen LogP contribution in [0.3, 0.4) is 0 Å². The van der Waals surface area contributed by atoms with Crippen LogP contribution in [0.4, 0.5) is 4.79 Å². The Kier molecular flexibility index (Phi) is 7.31. The van der Waals surface area contributed by atoms with Gasteiger partial charge in [-0.25, -0.2) is 4.79 Å². The lowest BCUT2D eigenvalue weighted by Crippen LogP contribution is -2.53. The van der Waals surface area contributed by atoms with E-state index in [2.05, 4.69) is 25.7 Å². The molecular formula is C29H29NO3S. The predicted molar refractivity (Wildman–Crippen MR) is 137 cm³/mol. The molecule has 3 aromatic rings. The molecule has 3 atom stereocenters. The number of amides is 1. The van der Waals surface area contributed by atoms with Gasteiger partial charge in [-0.3, -0.25) is 4.90 Å². The smallest absolute Gasteiger partial charge is 0.412 e. The monoisotopic (exact) mass is 471 g/mol. The number of ether oxygens (including phenoxy) is 1. The first-order valence-corrected chi connectivity index (χ1v) is 12.7. The molecule has 0 saturated carbocycles. The van der Waals surface area contributed by atoms with Crippen molar-refractivity contribution in [1.29, 1.82) is 0 Å². The number of carbonyl (C=O) groups is 1. The molecule has 0 unspecified atom stereocenters. The van der Waals surface area contributed by atoms with Crippen molar-refractivity contribution < 1.29 is 14.6 Å². The number of hydrogen-bond donors (Lipinski definition) is 1. The number of aliphatic hydroxyl groups is 1. The molecule has 1 fully saturated rings. The highest BCUT2D eigenvalue weighted by atomic mass is 32.2. The summed E-state index contributed by atoms with van der Waals surface area (Å²) in [5, 5.41) is 10.5. The largest absolute Gasteiger partial charge is 0.431 e. The molecule has 3 aromatic carbocycles. The minimum atomic E-state index is -1.05. The van der Waals surface area contributed by atoms with E-state index < -0.39 is 23.2 Å². The van der Waals surface area contributed by atoms with E-state index in [0.717, 1.165) is 16.7 Å². The van der Waals surface area contributed by atoms with E-state index in [0.29, 0.717) is 0 Å². The molecule has 1 saturated heterocycles. The number of benzene rings is 3. The van der Waals surface area contributed by atoms with Gasteiger partial charge in [0.15, 0.2) is 5.60 Å². The Morgan fingerprint density at radius 1 is 0.912 bits per heavy atom. The van der Waals surface area contributed by atoms with Gasteiger partial charge in [0.1, 0.15) is 11.5 Å². The second-order valence-electron chi connectivity index (χ2n) is 8.64. The molecule has 5 heteroatoms. The number of aliphatic hydroxyl groups excluding tert-OH is 1. The molecule has 1 N–H and O–H groups in total. The van der Waals surface area contributed by atoms with Gasteiger partial charge in [0, 0.05) is 16.7 Å². The van der Waals surface area contributed by atoms with Gasteiger partial charge in [-0.05, 0) is 24.3 Å². The molecule has 0 aliphatic carbocycles. The Morgan fingerprint density at radius 3 is 1.88 bits per heavy atom. The first-order valence-electron chi connectivity index (χ1n) is 11.4. The van der Waals surface area contributed by atoms with Crippen LogP contribution in [0.5, 0.6) is 0 Å². The van der Waals surface area contributed by atoms with E-state index in [-0.39, 0.29) is 12.0 Å². The van der Waals surface area contributed by atoms with Crippen LogP contribution in [-0.2, 0) is 10.3 Å². The summed E-state index contributed by atoms with van der Waals surface area (Å²) in [4.78, 5) is 15.3. The van der Waals surface area contributed by atoms with E-state index in [1.54, 1.807) is 4.90 Å². The highest BCUT2D eigenvalue weighted by molar-refractivity contribution is 7.99. The summed E-state index contributed by atoms with van der Waals surface area (Å²) >= 11 is 1.40. The van der Waals surface area contributed by atoms with Gasteiger partial charge in [0.05, 0.1) is 6.04 Å². The molecule has 0 radical (unpaired) electrons. The summed E-state index contributed by atoms with van der Waals surface area (Å²) in [5.41, 5.74) is 1.61. The SMILES string of the molecule is CS[C@@H]([C@H](O)C#Cc1ccccc1)N1C(=O)OC(c2ccccc2)(c2ccccc2)[C@@H]1C(C)C. The maximum atomic E-state index is 13.6. The fraction of sp³-hybridized carbons (Fsp3) is 0.276. The maximum absolute atomic E-state index is 13.6. The topological polar surface area (TPSA) is 49.8 Å². The van der Waals surface area contributed by atoms with Crippen LogP contribution in [0.25, 0.3) is 0 Å². The van der Waals surface area contributed by atoms with Gasteiger partial charge in [-0.1, -0.05) is 105 Å². The van der Waals surface area contributed by atoms with Crippen LogP contribution in [-0.4, -0.2) is 39.9 Å². The van der Waals surface area contributed by atoms with Crippen molar-refractivity contribution in [3.63, 3.8) is 0 Å². The normalized spacial score (nSPS) is 18.7. The van der Waals surface area contributed by atoms with Crippen LogP contribution in [0.2, 0.25) is 0 Å². The highest BCUT2D eigenvalue weighted by Gasteiger charge is 2.59. The van der Waals surface area contributed by atoms with Crippen molar-refractivity contribution >= 4 is 17.9 Å². The van der Waals surface area contributed by atoms with Gasteiger partial charge in [-0.15, -0.1) is 11.8 Å². The fourth-order valence-corrected chi connectivity index (χ4v) is 5.53. The highest BCUT2D eigenvalue weighted by Crippen LogP contribution is 2.49. The predicted octanol–water partition coefficient (Wildman–Crippen LogP) is 5.51. The zero-order valence-electron chi connectivity index (χ0n) is 19.6. The lowest BCUT2D eigenvalue weighted by molar-refractivity contribution is 0.0515. The minimum Gasteiger partial charge on any atom is -0.431 e. The standard InChI is InChI=1S/C29H29NO3S/c1-21(2)26-29(23-15-9-5-10-16-23,24-17-11-6-12-18-24)33-28(32)30(26)27(34-3)25(31)20-19-22-13-7-4-8-14-22/h4-18,21,25-27,31H,1-3H3/t25-,26+,27+/m1/s1. The molecule has 1 amide bonds.